The highest BCUT2D eigenvalue weighted by Gasteiger charge is 2.33. The second-order valence-electron chi connectivity index (χ2n) is 6.72. The Bertz CT molecular complexity index is 1250. The Balaban J connectivity index is 1.50. The van der Waals surface area contributed by atoms with Gasteiger partial charge in [0.15, 0.2) is 4.32 Å². The monoisotopic (exact) mass is 567 g/mol. The van der Waals surface area contributed by atoms with Gasteiger partial charge in [0.1, 0.15) is 18.2 Å². The average molecular weight is 569 g/mol. The maximum absolute atomic E-state index is 13.0. The summed E-state index contributed by atoms with van der Waals surface area (Å²) in [6, 6.07) is 16.6. The lowest BCUT2D eigenvalue weighted by Crippen LogP contribution is -2.27. The number of rotatable bonds is 5. The first kappa shape index (κ1) is 23.3. The molecule has 4 rings (SSSR count). The molecule has 0 radical (unpaired) electrons. The summed E-state index contributed by atoms with van der Waals surface area (Å²) in [6.45, 7) is 0.306. The van der Waals surface area contributed by atoms with Gasteiger partial charge in [-0.05, 0) is 75.6 Å². The fourth-order valence-corrected chi connectivity index (χ4v) is 5.03. The van der Waals surface area contributed by atoms with Crippen molar-refractivity contribution in [3.8, 4) is 5.75 Å². The van der Waals surface area contributed by atoms with E-state index in [1.165, 1.54) is 28.8 Å². The van der Waals surface area contributed by atoms with Gasteiger partial charge in [-0.2, -0.15) is 0 Å². The number of carbonyl (C=O) groups is 1. The quantitative estimate of drug-likeness (QED) is 0.231. The molecule has 3 aromatic rings. The van der Waals surface area contributed by atoms with Crippen molar-refractivity contribution in [2.75, 3.05) is 4.90 Å². The van der Waals surface area contributed by atoms with Gasteiger partial charge in [0, 0.05) is 0 Å². The Kier molecular flexibility index (Phi) is 7.22. The maximum atomic E-state index is 13.0. The zero-order chi connectivity index (χ0) is 22.8. The number of nitrogens with zero attached hydrogens (tertiary/aromatic N) is 1. The topological polar surface area (TPSA) is 29.5 Å². The van der Waals surface area contributed by atoms with E-state index in [4.69, 9.17) is 40.2 Å². The predicted octanol–water partition coefficient (Wildman–Crippen LogP) is 7.88. The third kappa shape index (κ3) is 5.18. The Labute approximate surface area is 212 Å². The second-order valence-corrected chi connectivity index (χ2v) is 10.1. The molecule has 3 aromatic carbocycles. The molecule has 0 N–H and O–H groups in total. The number of ether oxygens (including phenoxy) is 1. The average Bonchev–Trinajstić information content (AvgIpc) is 3.03. The number of thiocarbonyl (C=S) groups is 1. The number of benzene rings is 3. The summed E-state index contributed by atoms with van der Waals surface area (Å²) in [5.74, 6) is 0.116. The Morgan fingerprint density at radius 2 is 1.81 bits per heavy atom. The third-order valence-corrected chi connectivity index (χ3v) is 7.18. The molecule has 162 valence electrons. The van der Waals surface area contributed by atoms with Gasteiger partial charge in [-0.25, -0.2) is 4.39 Å². The number of anilines is 1. The smallest absolute Gasteiger partial charge is 0.270 e. The van der Waals surface area contributed by atoms with Crippen LogP contribution in [0.3, 0.4) is 0 Å². The lowest BCUT2D eigenvalue weighted by molar-refractivity contribution is -0.113. The summed E-state index contributed by atoms with van der Waals surface area (Å²) in [4.78, 5) is 14.9. The molecular formula is C23H13BrCl2FNO2S2. The van der Waals surface area contributed by atoms with Gasteiger partial charge < -0.3 is 4.74 Å². The first-order valence-corrected chi connectivity index (χ1v) is 12.0. The molecule has 0 aliphatic carbocycles. The van der Waals surface area contributed by atoms with Gasteiger partial charge in [-0.15, -0.1) is 0 Å². The van der Waals surface area contributed by atoms with Crippen LogP contribution in [0.15, 0.2) is 70.0 Å². The van der Waals surface area contributed by atoms with Gasteiger partial charge >= 0.3 is 0 Å². The van der Waals surface area contributed by atoms with Crippen LogP contribution in [0.5, 0.6) is 5.75 Å². The van der Waals surface area contributed by atoms with Crippen LogP contribution in [0.4, 0.5) is 10.1 Å². The molecule has 1 aliphatic rings. The fourth-order valence-electron chi connectivity index (χ4n) is 2.93. The lowest BCUT2D eigenvalue weighted by Gasteiger charge is -2.15. The normalized spacial score (nSPS) is 15.0. The van der Waals surface area contributed by atoms with Gasteiger partial charge in [0.05, 0.1) is 25.1 Å². The van der Waals surface area contributed by atoms with Gasteiger partial charge in [-0.1, -0.05) is 65.4 Å². The van der Waals surface area contributed by atoms with Crippen LogP contribution in [0, 0.1) is 5.82 Å². The van der Waals surface area contributed by atoms with Crippen LogP contribution in [0.1, 0.15) is 11.1 Å². The minimum absolute atomic E-state index is 0.230. The molecule has 0 atom stereocenters. The fraction of sp³-hybridized carbons (Fsp3) is 0.0435. The second kappa shape index (κ2) is 9.93. The molecule has 1 saturated heterocycles. The minimum Gasteiger partial charge on any atom is -0.488 e. The van der Waals surface area contributed by atoms with Crippen LogP contribution in [-0.4, -0.2) is 10.2 Å². The zero-order valence-electron chi connectivity index (χ0n) is 16.2. The highest BCUT2D eigenvalue weighted by molar-refractivity contribution is 9.10. The number of hydrogen-bond donors (Lipinski definition) is 0. The molecular weight excluding hydrogens is 556 g/mol. The van der Waals surface area contributed by atoms with Crippen molar-refractivity contribution in [2.24, 2.45) is 0 Å². The van der Waals surface area contributed by atoms with Crippen LogP contribution in [-0.2, 0) is 11.4 Å². The van der Waals surface area contributed by atoms with E-state index in [1.807, 2.05) is 12.1 Å². The van der Waals surface area contributed by atoms with E-state index in [1.54, 1.807) is 42.5 Å². The molecule has 9 heteroatoms. The van der Waals surface area contributed by atoms with E-state index >= 15 is 0 Å². The Hall–Kier alpha value is -1.90. The summed E-state index contributed by atoms with van der Waals surface area (Å²) in [5.41, 5.74) is 2.23. The maximum Gasteiger partial charge on any atom is 0.270 e. The molecule has 0 saturated carbocycles. The van der Waals surface area contributed by atoms with Crippen molar-refractivity contribution in [1.29, 1.82) is 0 Å². The molecule has 0 unspecified atom stereocenters. The van der Waals surface area contributed by atoms with Crippen molar-refractivity contribution >= 4 is 85.1 Å². The summed E-state index contributed by atoms with van der Waals surface area (Å²) in [7, 11) is 0. The van der Waals surface area contributed by atoms with Crippen molar-refractivity contribution in [3.05, 3.63) is 97.0 Å². The van der Waals surface area contributed by atoms with Gasteiger partial charge in [0.25, 0.3) is 5.91 Å². The summed E-state index contributed by atoms with van der Waals surface area (Å²) >= 11 is 22.2. The van der Waals surface area contributed by atoms with E-state index < -0.39 is 0 Å². The van der Waals surface area contributed by atoms with E-state index in [9.17, 15) is 9.18 Å². The van der Waals surface area contributed by atoms with Gasteiger partial charge in [-0.3, -0.25) is 9.69 Å². The molecule has 1 heterocycles. The number of halogens is 4. The number of hydrogen-bond acceptors (Lipinski definition) is 4. The number of carbonyl (C=O) groups excluding carboxylic acids is 1. The highest BCUT2D eigenvalue weighted by Crippen LogP contribution is 2.38. The van der Waals surface area contributed by atoms with Crippen LogP contribution in [0.2, 0.25) is 10.0 Å². The first-order valence-electron chi connectivity index (χ1n) is 9.21. The number of thioether (sulfide) groups is 1. The first-order chi connectivity index (χ1) is 15.3. The summed E-state index contributed by atoms with van der Waals surface area (Å²) in [6.07, 6.45) is 1.77. The standard InChI is InChI=1S/C23H13BrCl2FNO2S2/c24-17-9-14(3-8-20(17)30-12-13-1-4-15(27)5-2-13)10-21-22(29)28(23(31)32-21)16-6-7-18(25)19(26)11-16/h1-11H,12H2/b21-10+. The lowest BCUT2D eigenvalue weighted by atomic mass is 10.2. The predicted molar refractivity (Wildman–Crippen MR) is 137 cm³/mol. The molecule has 0 aromatic heterocycles. The third-order valence-electron chi connectivity index (χ3n) is 4.52. The molecule has 1 fully saturated rings. The van der Waals surface area contributed by atoms with E-state index in [0.717, 1.165) is 15.6 Å². The van der Waals surface area contributed by atoms with Crippen LogP contribution >= 0.6 is 63.1 Å². The van der Waals surface area contributed by atoms with E-state index in [0.29, 0.717) is 37.3 Å². The van der Waals surface area contributed by atoms with Gasteiger partial charge in [0.2, 0.25) is 0 Å². The molecule has 3 nitrogen and oxygen atoms in total. The summed E-state index contributed by atoms with van der Waals surface area (Å²) in [5, 5.41) is 0.755. The van der Waals surface area contributed by atoms with E-state index in [2.05, 4.69) is 15.9 Å². The molecule has 32 heavy (non-hydrogen) atoms. The van der Waals surface area contributed by atoms with Crippen molar-refractivity contribution in [3.63, 3.8) is 0 Å². The van der Waals surface area contributed by atoms with Crippen LogP contribution < -0.4 is 9.64 Å². The molecule has 1 aliphatic heterocycles. The molecule has 1 amide bonds. The largest absolute Gasteiger partial charge is 0.488 e. The Morgan fingerprint density at radius 1 is 1.06 bits per heavy atom. The summed E-state index contributed by atoms with van der Waals surface area (Å²) < 4.78 is 20.0. The highest BCUT2D eigenvalue weighted by atomic mass is 79.9. The molecule has 0 bridgehead atoms. The minimum atomic E-state index is -0.288. The molecule has 0 spiro atoms. The van der Waals surface area contributed by atoms with Crippen molar-refractivity contribution < 1.29 is 13.9 Å². The SMILES string of the molecule is O=C1/C(=C\c2ccc(OCc3ccc(F)cc3)c(Br)c2)SC(=S)N1c1ccc(Cl)c(Cl)c1. The number of amides is 1. The van der Waals surface area contributed by atoms with Crippen molar-refractivity contribution in [1.82, 2.24) is 0 Å². The van der Waals surface area contributed by atoms with E-state index in [-0.39, 0.29) is 11.7 Å². The van der Waals surface area contributed by atoms with Crippen molar-refractivity contribution in [2.45, 2.75) is 6.61 Å². The Morgan fingerprint density at radius 3 is 2.50 bits per heavy atom. The van der Waals surface area contributed by atoms with Crippen LogP contribution in [0.25, 0.3) is 6.08 Å². The zero-order valence-corrected chi connectivity index (χ0v) is 20.9.